The summed E-state index contributed by atoms with van der Waals surface area (Å²) < 4.78 is 5.31. The second-order valence-electron chi connectivity index (χ2n) is 6.37. The molecular weight excluding hydrogens is 364 g/mol. The topological polar surface area (TPSA) is 88.8 Å². The Labute approximate surface area is 166 Å². The molecule has 2 N–H and O–H groups in total. The Morgan fingerprint density at radius 3 is 2.55 bits per heavy atom. The molecule has 5 rings (SSSR count). The third-order valence-corrected chi connectivity index (χ3v) is 4.39. The normalized spacial score (nSPS) is 10.8. The van der Waals surface area contributed by atoms with Gasteiger partial charge in [0.1, 0.15) is 5.82 Å². The van der Waals surface area contributed by atoms with Crippen LogP contribution in [-0.4, -0.2) is 19.9 Å². The lowest BCUT2D eigenvalue weighted by molar-refractivity contribution is 0.572. The second-order valence-corrected chi connectivity index (χ2v) is 6.37. The van der Waals surface area contributed by atoms with Gasteiger partial charge in [-0.05, 0) is 54.6 Å². The van der Waals surface area contributed by atoms with Crippen molar-refractivity contribution in [3.63, 3.8) is 0 Å². The zero-order valence-corrected chi connectivity index (χ0v) is 15.3. The summed E-state index contributed by atoms with van der Waals surface area (Å²) in [6.45, 7) is 0. The van der Waals surface area contributed by atoms with Crippen molar-refractivity contribution in [2.24, 2.45) is 0 Å². The van der Waals surface area contributed by atoms with Crippen LogP contribution in [0.3, 0.4) is 0 Å². The Balaban J connectivity index is 1.32. The van der Waals surface area contributed by atoms with Crippen LogP contribution in [0.5, 0.6) is 0 Å². The molecule has 0 atom stereocenters. The standard InChI is InChI=1S/C22H16N6O/c1-2-16-12-18(7-8-19(16)24-10-1)26-21-9-11-25-22(28-21)27-17-5-3-15(4-6-17)20-13-23-14-29-20/h1-14H,(H2,25,26,27,28). The number of pyridine rings is 1. The molecule has 2 aromatic carbocycles. The molecule has 0 bridgehead atoms. The molecular formula is C22H16N6O. The van der Waals surface area contributed by atoms with Crippen LogP contribution in [0.15, 0.2) is 90.1 Å². The van der Waals surface area contributed by atoms with Crippen LogP contribution in [0.4, 0.5) is 23.1 Å². The molecule has 3 aromatic heterocycles. The molecule has 0 amide bonds. The van der Waals surface area contributed by atoms with Gasteiger partial charge in [-0.2, -0.15) is 4.98 Å². The first-order chi connectivity index (χ1) is 14.3. The van der Waals surface area contributed by atoms with E-state index in [9.17, 15) is 0 Å². The number of anilines is 4. The molecule has 0 fully saturated rings. The highest BCUT2D eigenvalue weighted by atomic mass is 16.3. The maximum absolute atomic E-state index is 5.31. The summed E-state index contributed by atoms with van der Waals surface area (Å²) >= 11 is 0. The van der Waals surface area contributed by atoms with Crippen LogP contribution < -0.4 is 10.6 Å². The van der Waals surface area contributed by atoms with Crippen LogP contribution in [-0.2, 0) is 0 Å². The molecule has 0 saturated carbocycles. The van der Waals surface area contributed by atoms with E-state index in [0.717, 1.165) is 33.6 Å². The highest BCUT2D eigenvalue weighted by Gasteiger charge is 2.04. The number of hydrogen-bond acceptors (Lipinski definition) is 7. The van der Waals surface area contributed by atoms with Crippen LogP contribution in [0.25, 0.3) is 22.2 Å². The molecule has 0 radical (unpaired) electrons. The monoisotopic (exact) mass is 380 g/mol. The Bertz CT molecular complexity index is 1250. The smallest absolute Gasteiger partial charge is 0.229 e. The molecule has 0 spiro atoms. The molecule has 140 valence electrons. The van der Waals surface area contributed by atoms with Crippen LogP contribution in [0.2, 0.25) is 0 Å². The van der Waals surface area contributed by atoms with E-state index in [4.69, 9.17) is 4.42 Å². The number of hydrogen-bond donors (Lipinski definition) is 2. The number of fused-ring (bicyclic) bond motifs is 1. The summed E-state index contributed by atoms with van der Waals surface area (Å²) in [4.78, 5) is 17.1. The summed E-state index contributed by atoms with van der Waals surface area (Å²) in [6.07, 6.45) is 6.60. The molecule has 0 unspecified atom stereocenters. The molecule has 0 saturated heterocycles. The lowest BCUT2D eigenvalue weighted by Gasteiger charge is -2.09. The number of nitrogens with zero attached hydrogens (tertiary/aromatic N) is 4. The minimum absolute atomic E-state index is 0.505. The van der Waals surface area contributed by atoms with E-state index in [1.165, 1.54) is 6.39 Å². The van der Waals surface area contributed by atoms with Crippen LogP contribution >= 0.6 is 0 Å². The van der Waals surface area contributed by atoms with E-state index in [0.29, 0.717) is 11.8 Å². The zero-order chi connectivity index (χ0) is 19.5. The fraction of sp³-hybridized carbons (Fsp3) is 0. The van der Waals surface area contributed by atoms with E-state index in [-0.39, 0.29) is 0 Å². The van der Waals surface area contributed by atoms with Crippen molar-refractivity contribution in [3.8, 4) is 11.3 Å². The predicted octanol–water partition coefficient (Wildman–Crippen LogP) is 5.17. The molecule has 29 heavy (non-hydrogen) atoms. The first-order valence-electron chi connectivity index (χ1n) is 9.04. The lowest BCUT2D eigenvalue weighted by Crippen LogP contribution is -2.00. The van der Waals surface area contributed by atoms with Crippen LogP contribution in [0, 0.1) is 0 Å². The molecule has 7 heteroatoms. The van der Waals surface area contributed by atoms with Crippen molar-refractivity contribution in [2.75, 3.05) is 10.6 Å². The zero-order valence-electron chi connectivity index (χ0n) is 15.3. The maximum Gasteiger partial charge on any atom is 0.229 e. The fourth-order valence-corrected chi connectivity index (χ4v) is 3.00. The van der Waals surface area contributed by atoms with Crippen LogP contribution in [0.1, 0.15) is 0 Å². The van der Waals surface area contributed by atoms with Gasteiger partial charge in [0.15, 0.2) is 12.2 Å². The van der Waals surface area contributed by atoms with Gasteiger partial charge in [-0.15, -0.1) is 0 Å². The number of nitrogens with one attached hydrogen (secondary N) is 2. The van der Waals surface area contributed by atoms with E-state index in [2.05, 4.69) is 30.6 Å². The summed E-state index contributed by atoms with van der Waals surface area (Å²) in [5, 5.41) is 7.59. The average molecular weight is 380 g/mol. The lowest BCUT2D eigenvalue weighted by atomic mass is 10.2. The van der Waals surface area contributed by atoms with E-state index in [1.807, 2.05) is 60.7 Å². The molecule has 5 aromatic rings. The third-order valence-electron chi connectivity index (χ3n) is 4.39. The molecule has 3 heterocycles. The summed E-state index contributed by atoms with van der Waals surface area (Å²) in [7, 11) is 0. The number of oxazole rings is 1. The van der Waals surface area contributed by atoms with Gasteiger partial charge in [-0.25, -0.2) is 9.97 Å². The SMILES string of the molecule is c1cnc2ccc(Nc3ccnc(Nc4ccc(-c5cnco5)cc4)n3)cc2c1. The quantitative estimate of drug-likeness (QED) is 0.435. The van der Waals surface area contributed by atoms with Gasteiger partial charge in [-0.1, -0.05) is 6.07 Å². The van der Waals surface area contributed by atoms with Crippen molar-refractivity contribution in [3.05, 3.63) is 85.6 Å². The summed E-state index contributed by atoms with van der Waals surface area (Å²) in [6, 6.07) is 19.6. The molecule has 0 aliphatic rings. The largest absolute Gasteiger partial charge is 0.444 e. The molecule has 0 aliphatic heterocycles. The summed E-state index contributed by atoms with van der Waals surface area (Å²) in [5.41, 5.74) is 3.72. The second kappa shape index (κ2) is 7.40. The average Bonchev–Trinajstić information content (AvgIpc) is 3.29. The van der Waals surface area contributed by atoms with E-state index >= 15 is 0 Å². The minimum Gasteiger partial charge on any atom is -0.444 e. The summed E-state index contributed by atoms with van der Waals surface area (Å²) in [5.74, 6) is 1.93. The fourth-order valence-electron chi connectivity index (χ4n) is 3.00. The first kappa shape index (κ1) is 16.9. The van der Waals surface area contributed by atoms with Gasteiger partial charge in [0.25, 0.3) is 0 Å². The van der Waals surface area contributed by atoms with E-state index in [1.54, 1.807) is 18.6 Å². The number of rotatable bonds is 5. The molecule has 0 aliphatic carbocycles. The minimum atomic E-state index is 0.505. The van der Waals surface area contributed by atoms with Gasteiger partial charge in [0, 0.05) is 34.7 Å². The van der Waals surface area contributed by atoms with Gasteiger partial charge in [0.05, 0.1) is 11.7 Å². The number of aromatic nitrogens is 4. The highest BCUT2D eigenvalue weighted by molar-refractivity contribution is 5.83. The molecule has 7 nitrogen and oxygen atoms in total. The highest BCUT2D eigenvalue weighted by Crippen LogP contribution is 2.23. The Morgan fingerprint density at radius 1 is 0.793 bits per heavy atom. The van der Waals surface area contributed by atoms with Crippen molar-refractivity contribution >= 4 is 34.0 Å². The first-order valence-corrected chi connectivity index (χ1v) is 9.04. The Hall–Kier alpha value is -4.26. The van der Waals surface area contributed by atoms with Crippen molar-refractivity contribution in [1.82, 2.24) is 19.9 Å². The van der Waals surface area contributed by atoms with Crippen molar-refractivity contribution < 1.29 is 4.42 Å². The van der Waals surface area contributed by atoms with Gasteiger partial charge < -0.3 is 15.1 Å². The van der Waals surface area contributed by atoms with Crippen molar-refractivity contribution in [1.29, 1.82) is 0 Å². The van der Waals surface area contributed by atoms with Gasteiger partial charge >= 0.3 is 0 Å². The Morgan fingerprint density at radius 2 is 1.69 bits per heavy atom. The maximum atomic E-state index is 5.31. The Kier molecular flexibility index (Phi) is 4.31. The third kappa shape index (κ3) is 3.74. The van der Waals surface area contributed by atoms with Gasteiger partial charge in [0.2, 0.25) is 5.95 Å². The van der Waals surface area contributed by atoms with E-state index < -0.39 is 0 Å². The predicted molar refractivity (Wildman–Crippen MR) is 112 cm³/mol. The van der Waals surface area contributed by atoms with Crippen molar-refractivity contribution in [2.45, 2.75) is 0 Å². The number of benzene rings is 2. The van der Waals surface area contributed by atoms with Gasteiger partial charge in [-0.3, -0.25) is 4.98 Å².